The van der Waals surface area contributed by atoms with Crippen molar-refractivity contribution < 1.29 is 27.6 Å². The summed E-state index contributed by atoms with van der Waals surface area (Å²) in [5, 5.41) is 23.1. The molecule has 0 radical (unpaired) electrons. The number of nitrogens with one attached hydrogen (secondary N) is 1. The third kappa shape index (κ3) is 4.71. The van der Waals surface area contributed by atoms with E-state index in [1.165, 1.54) is 11.3 Å². The molecule has 7 nitrogen and oxygen atoms in total. The molecule has 1 heterocycles. The molecule has 0 saturated carbocycles. The number of nitrogens with zero attached hydrogens (tertiary/aromatic N) is 2. The highest BCUT2D eigenvalue weighted by Gasteiger charge is 2.36. The highest BCUT2D eigenvalue weighted by molar-refractivity contribution is 7.16. The van der Waals surface area contributed by atoms with Crippen LogP contribution in [0, 0.1) is 21.4 Å². The van der Waals surface area contributed by atoms with Gasteiger partial charge in [-0.05, 0) is 37.3 Å². The van der Waals surface area contributed by atoms with Crippen LogP contribution in [0.2, 0.25) is 0 Å². The number of thiophene rings is 1. The lowest BCUT2D eigenvalue weighted by molar-refractivity contribution is -0.385. The minimum atomic E-state index is -4.89. The molecular formula is C19H16F3N3O4S. The van der Waals surface area contributed by atoms with E-state index < -0.39 is 40.6 Å². The first-order valence-electron chi connectivity index (χ1n) is 9.03. The Morgan fingerprint density at radius 2 is 2.03 bits per heavy atom. The molecule has 0 fully saturated rings. The molecule has 1 aliphatic carbocycles. The van der Waals surface area contributed by atoms with Crippen LogP contribution in [0.3, 0.4) is 0 Å². The van der Waals surface area contributed by atoms with Gasteiger partial charge in [-0.3, -0.25) is 14.9 Å². The van der Waals surface area contributed by atoms with Gasteiger partial charge in [-0.1, -0.05) is 6.42 Å². The predicted molar refractivity (Wildman–Crippen MR) is 103 cm³/mol. The number of fused-ring (bicyclic) bond motifs is 1. The Morgan fingerprint density at radius 1 is 1.30 bits per heavy atom. The Balaban J connectivity index is 1.74. The van der Waals surface area contributed by atoms with Gasteiger partial charge in [-0.15, -0.1) is 11.3 Å². The summed E-state index contributed by atoms with van der Waals surface area (Å²) < 4.78 is 44.6. The lowest BCUT2D eigenvalue weighted by atomic mass is 10.1. The zero-order valence-corrected chi connectivity index (χ0v) is 16.4. The fourth-order valence-corrected chi connectivity index (χ4v) is 4.49. The Hall–Kier alpha value is -3.13. The first-order valence-corrected chi connectivity index (χ1v) is 9.85. The van der Waals surface area contributed by atoms with E-state index >= 15 is 0 Å². The molecule has 0 spiro atoms. The van der Waals surface area contributed by atoms with Crippen molar-refractivity contribution in [1.29, 1.82) is 5.26 Å². The number of anilines is 1. The van der Waals surface area contributed by atoms with Gasteiger partial charge in [-0.25, -0.2) is 0 Å². The largest absolute Gasteiger partial charge is 0.483 e. The number of halogens is 3. The van der Waals surface area contributed by atoms with Crippen LogP contribution in [0.25, 0.3) is 0 Å². The van der Waals surface area contributed by atoms with Crippen LogP contribution in [0.5, 0.6) is 5.75 Å². The van der Waals surface area contributed by atoms with Crippen LogP contribution in [-0.2, 0) is 23.8 Å². The first-order chi connectivity index (χ1) is 14.2. The van der Waals surface area contributed by atoms with Crippen molar-refractivity contribution in [3.63, 3.8) is 0 Å². The van der Waals surface area contributed by atoms with Crippen molar-refractivity contribution in [2.45, 2.75) is 38.3 Å². The van der Waals surface area contributed by atoms with Crippen molar-refractivity contribution in [1.82, 2.24) is 0 Å². The van der Waals surface area contributed by atoms with Gasteiger partial charge in [-0.2, -0.15) is 18.4 Å². The molecule has 0 bridgehead atoms. The van der Waals surface area contributed by atoms with E-state index in [0.717, 1.165) is 54.7 Å². The molecular weight excluding hydrogens is 423 g/mol. The number of carbonyl (C=O) groups excluding carboxylic acids is 1. The maximum Gasteiger partial charge on any atom is 0.420 e. The van der Waals surface area contributed by atoms with Gasteiger partial charge < -0.3 is 10.1 Å². The molecule has 1 aromatic carbocycles. The average molecular weight is 439 g/mol. The number of amides is 1. The quantitative estimate of drug-likeness (QED) is 0.408. The smallest absolute Gasteiger partial charge is 0.420 e. The molecule has 0 atom stereocenters. The molecule has 2 aromatic rings. The molecule has 3 rings (SSSR count). The fraction of sp³-hybridized carbons (Fsp3) is 0.368. The van der Waals surface area contributed by atoms with Crippen molar-refractivity contribution >= 4 is 27.9 Å². The molecule has 1 aromatic heterocycles. The maximum absolute atomic E-state index is 13.2. The van der Waals surface area contributed by atoms with E-state index in [9.17, 15) is 33.3 Å². The maximum atomic E-state index is 13.2. The van der Waals surface area contributed by atoms with Crippen LogP contribution in [0.1, 0.15) is 40.8 Å². The van der Waals surface area contributed by atoms with Crippen LogP contribution in [0.4, 0.5) is 23.9 Å². The second-order valence-corrected chi connectivity index (χ2v) is 7.76. The first kappa shape index (κ1) is 21.6. The summed E-state index contributed by atoms with van der Waals surface area (Å²) >= 11 is 1.30. The number of ether oxygens (including phenoxy) is 1. The van der Waals surface area contributed by atoms with E-state index in [0.29, 0.717) is 16.6 Å². The van der Waals surface area contributed by atoms with Crippen LogP contribution in [0.15, 0.2) is 18.2 Å². The highest BCUT2D eigenvalue weighted by atomic mass is 32.1. The molecule has 1 amide bonds. The Labute approximate surface area is 173 Å². The molecule has 30 heavy (non-hydrogen) atoms. The van der Waals surface area contributed by atoms with E-state index in [2.05, 4.69) is 11.4 Å². The number of alkyl halides is 3. The third-order valence-corrected chi connectivity index (χ3v) is 5.83. The number of non-ortho nitro benzene ring substituents is 1. The number of hydrogen-bond donors (Lipinski definition) is 1. The minimum absolute atomic E-state index is 0.358. The van der Waals surface area contributed by atoms with Crippen LogP contribution in [-0.4, -0.2) is 17.4 Å². The normalized spacial score (nSPS) is 13.7. The number of carbonyl (C=O) groups is 1. The molecule has 1 N–H and O–H groups in total. The fourth-order valence-electron chi connectivity index (χ4n) is 3.23. The number of benzene rings is 1. The molecule has 1 aliphatic rings. The van der Waals surface area contributed by atoms with Crippen LogP contribution < -0.4 is 10.1 Å². The highest BCUT2D eigenvalue weighted by Crippen LogP contribution is 2.39. The SMILES string of the molecule is N#Cc1c(NC(=O)COc2ccc([N+](=O)[O-])cc2C(F)(F)F)sc2c1CCCCC2. The summed E-state index contributed by atoms with van der Waals surface area (Å²) in [4.78, 5) is 23.1. The summed E-state index contributed by atoms with van der Waals surface area (Å²) in [5.74, 6) is -1.42. The van der Waals surface area contributed by atoms with Crippen LogP contribution >= 0.6 is 11.3 Å². The van der Waals surface area contributed by atoms with Gasteiger partial charge in [0.25, 0.3) is 11.6 Å². The number of nitro groups is 1. The second-order valence-electron chi connectivity index (χ2n) is 6.65. The second kappa shape index (κ2) is 8.71. The Bertz CT molecular complexity index is 1030. The molecule has 158 valence electrons. The van der Waals surface area contributed by atoms with E-state index in [1.54, 1.807) is 0 Å². The Kier molecular flexibility index (Phi) is 6.26. The molecule has 0 saturated heterocycles. The van der Waals surface area contributed by atoms with Crippen molar-refractivity contribution in [2.75, 3.05) is 11.9 Å². The summed E-state index contributed by atoms with van der Waals surface area (Å²) in [5.41, 5.74) is -0.773. The summed E-state index contributed by atoms with van der Waals surface area (Å²) in [7, 11) is 0. The van der Waals surface area contributed by atoms with Crippen molar-refractivity contribution in [3.05, 3.63) is 49.9 Å². The predicted octanol–water partition coefficient (Wildman–Crippen LogP) is 4.83. The minimum Gasteiger partial charge on any atom is -0.483 e. The number of rotatable bonds is 5. The zero-order valence-electron chi connectivity index (χ0n) is 15.5. The van der Waals surface area contributed by atoms with Crippen molar-refractivity contribution in [3.8, 4) is 11.8 Å². The average Bonchev–Trinajstić information content (AvgIpc) is 2.84. The Morgan fingerprint density at radius 3 is 2.70 bits per heavy atom. The lowest BCUT2D eigenvalue weighted by Gasteiger charge is -2.13. The summed E-state index contributed by atoms with van der Waals surface area (Å²) in [6.07, 6.45) is -0.308. The number of aryl methyl sites for hydroxylation is 1. The summed E-state index contributed by atoms with van der Waals surface area (Å²) in [6.45, 7) is -0.742. The number of nitro benzene ring substituents is 1. The molecule has 0 unspecified atom stereocenters. The lowest BCUT2D eigenvalue weighted by Crippen LogP contribution is -2.21. The van der Waals surface area contributed by atoms with E-state index in [1.807, 2.05) is 0 Å². The molecule has 0 aliphatic heterocycles. The van der Waals surface area contributed by atoms with Crippen molar-refractivity contribution in [2.24, 2.45) is 0 Å². The van der Waals surface area contributed by atoms with Gasteiger partial charge in [0.05, 0.1) is 10.5 Å². The third-order valence-electron chi connectivity index (χ3n) is 4.62. The van der Waals surface area contributed by atoms with Gasteiger partial charge in [0.1, 0.15) is 22.4 Å². The summed E-state index contributed by atoms with van der Waals surface area (Å²) in [6, 6.07) is 4.13. The number of hydrogen-bond acceptors (Lipinski definition) is 6. The standard InChI is InChI=1S/C19H16F3N3O4S/c20-19(21,22)14-8-11(25(27)28)6-7-15(14)29-10-17(26)24-18-13(9-23)12-4-2-1-3-5-16(12)30-18/h6-8H,1-5,10H2,(H,24,26). The van der Waals surface area contributed by atoms with Gasteiger partial charge in [0, 0.05) is 17.0 Å². The molecule has 11 heteroatoms. The monoisotopic (exact) mass is 439 g/mol. The van der Waals surface area contributed by atoms with Gasteiger partial charge in [0.2, 0.25) is 0 Å². The van der Waals surface area contributed by atoms with Gasteiger partial charge >= 0.3 is 6.18 Å². The number of nitriles is 1. The van der Waals surface area contributed by atoms with E-state index in [4.69, 9.17) is 4.74 Å². The topological polar surface area (TPSA) is 105 Å². The van der Waals surface area contributed by atoms with Gasteiger partial charge in [0.15, 0.2) is 6.61 Å². The zero-order chi connectivity index (χ0) is 21.9. The van der Waals surface area contributed by atoms with E-state index in [-0.39, 0.29) is 0 Å².